The van der Waals surface area contributed by atoms with E-state index in [1.54, 1.807) is 19.1 Å². The molecule has 0 bridgehead atoms. The van der Waals surface area contributed by atoms with E-state index in [9.17, 15) is 9.59 Å². The fourth-order valence-corrected chi connectivity index (χ4v) is 2.26. The maximum absolute atomic E-state index is 12.3. The number of nitrogens with zero attached hydrogens (tertiary/aromatic N) is 1. The number of nitrogens with one attached hydrogen (secondary N) is 1. The first kappa shape index (κ1) is 17.8. The molecule has 1 amide bonds. The van der Waals surface area contributed by atoms with Crippen molar-refractivity contribution in [2.24, 2.45) is 0 Å². The smallest absolute Gasteiger partial charge is 0.338 e. The summed E-state index contributed by atoms with van der Waals surface area (Å²) in [5, 5.41) is 2.80. The molecule has 0 aliphatic rings. The molecule has 1 aromatic carbocycles. The molecule has 0 saturated carbocycles. The molecule has 2 aromatic rings. The van der Waals surface area contributed by atoms with E-state index in [1.165, 1.54) is 0 Å². The molecule has 0 spiro atoms. The summed E-state index contributed by atoms with van der Waals surface area (Å²) in [5.74, 6) is -0.825. The highest BCUT2D eigenvalue weighted by Gasteiger charge is 2.23. The normalized spacial score (nSPS) is 12.5. The van der Waals surface area contributed by atoms with E-state index >= 15 is 0 Å². The molecule has 128 valence electrons. The standard InChI is InChI=1S/C19H24N2O3/c1-13-8-9-15(12-16(13)21-10-6-7-11-21)18(23)24-14(2)17(22)20-19(3,4)5/h6-12,14H,1-5H3,(H,20,22)/t14-/m0/s1. The molecule has 1 atom stereocenters. The Morgan fingerprint density at radius 2 is 1.79 bits per heavy atom. The van der Waals surface area contributed by atoms with Gasteiger partial charge in [-0.25, -0.2) is 4.79 Å². The summed E-state index contributed by atoms with van der Waals surface area (Å²) in [7, 11) is 0. The predicted molar refractivity (Wildman–Crippen MR) is 93.3 cm³/mol. The zero-order chi connectivity index (χ0) is 17.9. The summed E-state index contributed by atoms with van der Waals surface area (Å²) in [4.78, 5) is 24.4. The van der Waals surface area contributed by atoms with Gasteiger partial charge in [0, 0.05) is 23.6 Å². The number of aromatic nitrogens is 1. The summed E-state index contributed by atoms with van der Waals surface area (Å²) < 4.78 is 7.23. The van der Waals surface area contributed by atoms with Crippen LogP contribution in [0, 0.1) is 6.92 Å². The second kappa shape index (κ2) is 6.91. The van der Waals surface area contributed by atoms with Crippen molar-refractivity contribution in [1.82, 2.24) is 9.88 Å². The number of esters is 1. The van der Waals surface area contributed by atoms with Gasteiger partial charge in [0.1, 0.15) is 0 Å². The first-order chi connectivity index (χ1) is 11.2. The molecule has 0 fully saturated rings. The first-order valence-electron chi connectivity index (χ1n) is 7.94. The van der Waals surface area contributed by atoms with Crippen molar-refractivity contribution in [3.8, 4) is 5.69 Å². The van der Waals surface area contributed by atoms with Crippen LogP contribution in [0.3, 0.4) is 0 Å². The van der Waals surface area contributed by atoms with Crippen molar-refractivity contribution in [3.63, 3.8) is 0 Å². The van der Waals surface area contributed by atoms with Gasteiger partial charge in [0.25, 0.3) is 5.91 Å². The zero-order valence-electron chi connectivity index (χ0n) is 14.8. The van der Waals surface area contributed by atoms with Crippen LogP contribution in [-0.2, 0) is 9.53 Å². The van der Waals surface area contributed by atoms with Crippen molar-refractivity contribution < 1.29 is 14.3 Å². The molecule has 2 rings (SSSR count). The fourth-order valence-electron chi connectivity index (χ4n) is 2.26. The maximum Gasteiger partial charge on any atom is 0.338 e. The Morgan fingerprint density at radius 3 is 2.38 bits per heavy atom. The largest absolute Gasteiger partial charge is 0.449 e. The molecule has 1 aromatic heterocycles. The van der Waals surface area contributed by atoms with Crippen LogP contribution in [0.15, 0.2) is 42.7 Å². The van der Waals surface area contributed by atoms with Gasteiger partial charge in [0.05, 0.1) is 5.56 Å². The average molecular weight is 328 g/mol. The Balaban J connectivity index is 2.13. The summed E-state index contributed by atoms with van der Waals surface area (Å²) >= 11 is 0. The molecule has 5 nitrogen and oxygen atoms in total. The van der Waals surface area contributed by atoms with Crippen LogP contribution in [0.5, 0.6) is 0 Å². The van der Waals surface area contributed by atoms with Gasteiger partial charge in [-0.3, -0.25) is 4.79 Å². The molecular formula is C19H24N2O3. The summed E-state index contributed by atoms with van der Waals surface area (Å²) in [6, 6.07) is 9.18. The molecule has 0 aliphatic carbocycles. The predicted octanol–water partition coefficient (Wildman–Crippen LogP) is 3.25. The SMILES string of the molecule is Cc1ccc(C(=O)O[C@@H](C)C(=O)NC(C)(C)C)cc1-n1cccc1. The minimum absolute atomic E-state index is 0.311. The molecule has 1 N–H and O–H groups in total. The van der Waals surface area contributed by atoms with Gasteiger partial charge in [-0.2, -0.15) is 0 Å². The van der Waals surface area contributed by atoms with Gasteiger partial charge in [-0.15, -0.1) is 0 Å². The monoisotopic (exact) mass is 328 g/mol. The number of rotatable bonds is 4. The minimum atomic E-state index is -0.854. The van der Waals surface area contributed by atoms with Crippen molar-refractivity contribution in [1.29, 1.82) is 0 Å². The van der Waals surface area contributed by atoms with Crippen LogP contribution in [-0.4, -0.2) is 28.1 Å². The van der Waals surface area contributed by atoms with Gasteiger partial charge in [-0.05, 0) is 64.4 Å². The minimum Gasteiger partial charge on any atom is -0.449 e. The average Bonchev–Trinajstić information content (AvgIpc) is 2.99. The molecule has 0 saturated heterocycles. The number of benzene rings is 1. The van der Waals surface area contributed by atoms with E-state index in [-0.39, 0.29) is 11.4 Å². The van der Waals surface area contributed by atoms with Crippen LogP contribution < -0.4 is 5.32 Å². The maximum atomic E-state index is 12.3. The number of hydrogen-bond donors (Lipinski definition) is 1. The van der Waals surface area contributed by atoms with Crippen LogP contribution in [0.25, 0.3) is 5.69 Å². The number of aryl methyl sites for hydroxylation is 1. The summed E-state index contributed by atoms with van der Waals surface area (Å²) in [6.45, 7) is 9.18. The Labute approximate surface area is 142 Å². The fraction of sp³-hybridized carbons (Fsp3) is 0.368. The summed E-state index contributed by atoms with van der Waals surface area (Å²) in [6.07, 6.45) is 2.97. The van der Waals surface area contributed by atoms with Gasteiger partial charge >= 0.3 is 5.97 Å². The highest BCUT2D eigenvalue weighted by atomic mass is 16.5. The zero-order valence-corrected chi connectivity index (χ0v) is 14.8. The van der Waals surface area contributed by atoms with Crippen LogP contribution in [0.1, 0.15) is 43.6 Å². The summed E-state index contributed by atoms with van der Waals surface area (Å²) in [5.41, 5.74) is 1.99. The van der Waals surface area contributed by atoms with Gasteiger partial charge < -0.3 is 14.6 Å². The number of carbonyl (C=O) groups is 2. The highest BCUT2D eigenvalue weighted by molar-refractivity contribution is 5.93. The third-order valence-corrected chi connectivity index (χ3v) is 3.48. The van der Waals surface area contributed by atoms with Crippen molar-refractivity contribution in [3.05, 3.63) is 53.9 Å². The van der Waals surface area contributed by atoms with Crippen LogP contribution in [0.2, 0.25) is 0 Å². The lowest BCUT2D eigenvalue weighted by atomic mass is 10.1. The number of hydrogen-bond acceptors (Lipinski definition) is 3. The highest BCUT2D eigenvalue weighted by Crippen LogP contribution is 2.17. The second-order valence-corrected chi connectivity index (χ2v) is 6.88. The van der Waals surface area contributed by atoms with E-state index in [0.29, 0.717) is 5.56 Å². The molecule has 5 heteroatoms. The first-order valence-corrected chi connectivity index (χ1v) is 7.94. The topological polar surface area (TPSA) is 60.3 Å². The van der Waals surface area contributed by atoms with Crippen molar-refractivity contribution >= 4 is 11.9 Å². The lowest BCUT2D eigenvalue weighted by Crippen LogP contribution is -2.46. The third-order valence-electron chi connectivity index (χ3n) is 3.48. The second-order valence-electron chi connectivity index (χ2n) is 6.88. The Kier molecular flexibility index (Phi) is 5.12. The quantitative estimate of drug-likeness (QED) is 0.877. The molecule has 24 heavy (non-hydrogen) atoms. The molecule has 0 radical (unpaired) electrons. The Bertz CT molecular complexity index is 728. The lowest BCUT2D eigenvalue weighted by molar-refractivity contribution is -0.130. The lowest BCUT2D eigenvalue weighted by Gasteiger charge is -2.23. The van der Waals surface area contributed by atoms with E-state index in [1.807, 2.05) is 62.9 Å². The van der Waals surface area contributed by atoms with Crippen LogP contribution in [0.4, 0.5) is 0 Å². The van der Waals surface area contributed by atoms with E-state index < -0.39 is 12.1 Å². The number of carbonyl (C=O) groups excluding carboxylic acids is 2. The molecule has 1 heterocycles. The van der Waals surface area contributed by atoms with Gasteiger partial charge in [0.15, 0.2) is 6.10 Å². The van der Waals surface area contributed by atoms with E-state index in [0.717, 1.165) is 11.3 Å². The third kappa shape index (κ3) is 4.47. The van der Waals surface area contributed by atoms with E-state index in [4.69, 9.17) is 4.74 Å². The van der Waals surface area contributed by atoms with Gasteiger partial charge in [-0.1, -0.05) is 6.07 Å². The number of amides is 1. The molecular weight excluding hydrogens is 304 g/mol. The Hall–Kier alpha value is -2.56. The molecule has 0 aliphatic heterocycles. The van der Waals surface area contributed by atoms with Crippen molar-refractivity contribution in [2.75, 3.05) is 0 Å². The van der Waals surface area contributed by atoms with Crippen molar-refractivity contribution in [2.45, 2.75) is 46.3 Å². The van der Waals surface area contributed by atoms with E-state index in [2.05, 4.69) is 5.32 Å². The van der Waals surface area contributed by atoms with Crippen LogP contribution >= 0.6 is 0 Å². The Morgan fingerprint density at radius 1 is 1.17 bits per heavy atom. The van der Waals surface area contributed by atoms with Gasteiger partial charge in [0.2, 0.25) is 0 Å². The number of ether oxygens (including phenoxy) is 1. The molecule has 0 unspecified atom stereocenters.